The number of nitrogens with one attached hydrogen (secondary N) is 1. The maximum atomic E-state index is 12.1. The first kappa shape index (κ1) is 15.5. The number of amides is 1. The van der Waals surface area contributed by atoms with Crippen molar-refractivity contribution in [1.82, 2.24) is 10.3 Å². The summed E-state index contributed by atoms with van der Waals surface area (Å²) in [5, 5.41) is 3.47. The highest BCUT2D eigenvalue weighted by Crippen LogP contribution is 2.21. The summed E-state index contributed by atoms with van der Waals surface area (Å²) in [7, 11) is 0. The number of carbonyl (C=O) groups is 1. The summed E-state index contributed by atoms with van der Waals surface area (Å²) in [6, 6.07) is 9.20. The first-order chi connectivity index (χ1) is 9.85. The van der Waals surface area contributed by atoms with Crippen molar-refractivity contribution in [2.24, 2.45) is 5.73 Å². The minimum absolute atomic E-state index is 0.183. The molecule has 0 saturated heterocycles. The second kappa shape index (κ2) is 6.24. The third-order valence-corrected chi connectivity index (χ3v) is 3.13. The predicted molar refractivity (Wildman–Crippen MR) is 85.3 cm³/mol. The third-order valence-electron chi connectivity index (χ3n) is 2.88. The molecular formula is C16H18ClN3O. The normalized spacial score (nSPS) is 11.2. The van der Waals surface area contributed by atoms with Crippen LogP contribution < -0.4 is 11.1 Å². The van der Waals surface area contributed by atoms with Gasteiger partial charge in [0, 0.05) is 35.1 Å². The average Bonchev–Trinajstić information content (AvgIpc) is 2.45. The number of halogens is 1. The Kier molecular flexibility index (Phi) is 4.60. The zero-order valence-corrected chi connectivity index (χ0v) is 12.8. The Balaban J connectivity index is 2.17. The smallest absolute Gasteiger partial charge is 0.252 e. The van der Waals surface area contributed by atoms with E-state index in [-0.39, 0.29) is 5.91 Å². The van der Waals surface area contributed by atoms with Gasteiger partial charge in [-0.15, -0.1) is 0 Å². The molecule has 21 heavy (non-hydrogen) atoms. The van der Waals surface area contributed by atoms with Crippen molar-refractivity contribution in [2.45, 2.75) is 19.4 Å². The van der Waals surface area contributed by atoms with Gasteiger partial charge in [0.05, 0.1) is 5.56 Å². The number of rotatable bonds is 4. The Morgan fingerprint density at radius 1 is 1.24 bits per heavy atom. The fourth-order valence-corrected chi connectivity index (χ4v) is 1.90. The fourth-order valence-electron chi connectivity index (χ4n) is 1.77. The highest BCUT2D eigenvalue weighted by Gasteiger charge is 2.14. The highest BCUT2D eigenvalue weighted by atomic mass is 35.5. The SMILES string of the molecule is CC(C)(N)CNC(=O)c1cncc(-c2ccc(Cl)cc2)c1. The zero-order valence-electron chi connectivity index (χ0n) is 12.1. The van der Waals surface area contributed by atoms with Crippen molar-refractivity contribution < 1.29 is 4.79 Å². The molecule has 0 aliphatic rings. The highest BCUT2D eigenvalue weighted by molar-refractivity contribution is 6.30. The van der Waals surface area contributed by atoms with Crippen LogP contribution in [0, 0.1) is 0 Å². The molecule has 0 radical (unpaired) electrons. The lowest BCUT2D eigenvalue weighted by Crippen LogP contribution is -2.45. The van der Waals surface area contributed by atoms with Gasteiger partial charge >= 0.3 is 0 Å². The summed E-state index contributed by atoms with van der Waals surface area (Å²) in [6.07, 6.45) is 3.26. The largest absolute Gasteiger partial charge is 0.350 e. The number of nitrogens with zero attached hydrogens (tertiary/aromatic N) is 1. The van der Waals surface area contributed by atoms with Gasteiger partial charge in [0.15, 0.2) is 0 Å². The van der Waals surface area contributed by atoms with Crippen LogP contribution in [0.1, 0.15) is 24.2 Å². The lowest BCUT2D eigenvalue weighted by atomic mass is 10.1. The van der Waals surface area contributed by atoms with Gasteiger partial charge in [-0.05, 0) is 37.6 Å². The topological polar surface area (TPSA) is 68.0 Å². The van der Waals surface area contributed by atoms with Gasteiger partial charge in [-0.1, -0.05) is 23.7 Å². The first-order valence-electron chi connectivity index (χ1n) is 6.63. The number of nitrogens with two attached hydrogens (primary N) is 1. The number of aromatic nitrogens is 1. The van der Waals surface area contributed by atoms with Crippen molar-refractivity contribution in [2.75, 3.05) is 6.54 Å². The zero-order chi connectivity index (χ0) is 15.5. The molecule has 0 spiro atoms. The summed E-state index contributed by atoms with van der Waals surface area (Å²) >= 11 is 5.87. The molecule has 1 amide bonds. The van der Waals surface area contributed by atoms with Gasteiger partial charge in [-0.25, -0.2) is 0 Å². The van der Waals surface area contributed by atoms with Crippen LogP contribution in [0.4, 0.5) is 0 Å². The van der Waals surface area contributed by atoms with E-state index in [0.29, 0.717) is 17.1 Å². The van der Waals surface area contributed by atoms with E-state index in [4.69, 9.17) is 17.3 Å². The second-order valence-corrected chi connectivity index (χ2v) is 6.08. The number of benzene rings is 1. The van der Waals surface area contributed by atoms with Gasteiger partial charge < -0.3 is 11.1 Å². The van der Waals surface area contributed by atoms with E-state index in [1.54, 1.807) is 24.4 Å². The lowest BCUT2D eigenvalue weighted by Gasteiger charge is -2.18. The molecule has 0 unspecified atom stereocenters. The Bertz CT molecular complexity index is 633. The Morgan fingerprint density at radius 2 is 1.90 bits per heavy atom. The van der Waals surface area contributed by atoms with Crippen molar-refractivity contribution in [1.29, 1.82) is 0 Å². The minimum atomic E-state index is -0.448. The summed E-state index contributed by atoms with van der Waals surface area (Å²) in [5.74, 6) is -0.183. The molecule has 1 aromatic carbocycles. The maximum Gasteiger partial charge on any atom is 0.252 e. The summed E-state index contributed by atoms with van der Waals surface area (Å²) in [4.78, 5) is 16.2. The molecule has 0 atom stereocenters. The van der Waals surface area contributed by atoms with Crippen LogP contribution >= 0.6 is 11.6 Å². The molecule has 2 rings (SSSR count). The molecule has 5 heteroatoms. The van der Waals surface area contributed by atoms with E-state index in [2.05, 4.69) is 10.3 Å². The molecular weight excluding hydrogens is 286 g/mol. The molecule has 4 nitrogen and oxygen atoms in total. The van der Waals surface area contributed by atoms with E-state index >= 15 is 0 Å². The average molecular weight is 304 g/mol. The summed E-state index contributed by atoms with van der Waals surface area (Å²) in [5.41, 5.74) is 7.74. The Morgan fingerprint density at radius 3 is 2.52 bits per heavy atom. The predicted octanol–water partition coefficient (Wildman–Crippen LogP) is 2.87. The molecule has 1 heterocycles. The number of pyridine rings is 1. The van der Waals surface area contributed by atoms with Crippen molar-refractivity contribution >= 4 is 17.5 Å². The summed E-state index contributed by atoms with van der Waals surface area (Å²) < 4.78 is 0. The number of carbonyl (C=O) groups excluding carboxylic acids is 1. The lowest BCUT2D eigenvalue weighted by molar-refractivity contribution is 0.0945. The molecule has 0 saturated carbocycles. The van der Waals surface area contributed by atoms with Crippen LogP contribution in [-0.2, 0) is 0 Å². The molecule has 1 aromatic heterocycles. The molecule has 0 fully saturated rings. The standard InChI is InChI=1S/C16H18ClN3O/c1-16(2,18)10-20-15(21)13-7-12(8-19-9-13)11-3-5-14(17)6-4-11/h3-9H,10,18H2,1-2H3,(H,20,21). The number of hydrogen-bond donors (Lipinski definition) is 2. The Labute approximate surface area is 129 Å². The molecule has 0 bridgehead atoms. The first-order valence-corrected chi connectivity index (χ1v) is 7.01. The maximum absolute atomic E-state index is 12.1. The molecule has 2 aromatic rings. The quantitative estimate of drug-likeness (QED) is 0.912. The van der Waals surface area contributed by atoms with E-state index in [1.165, 1.54) is 6.20 Å². The molecule has 110 valence electrons. The van der Waals surface area contributed by atoms with E-state index in [1.807, 2.05) is 26.0 Å². The van der Waals surface area contributed by atoms with Crippen LogP contribution in [0.15, 0.2) is 42.7 Å². The third kappa shape index (κ3) is 4.55. The minimum Gasteiger partial charge on any atom is -0.350 e. The van der Waals surface area contributed by atoms with Crippen LogP contribution in [0.25, 0.3) is 11.1 Å². The van der Waals surface area contributed by atoms with Gasteiger partial charge in [0.25, 0.3) is 5.91 Å². The molecule has 0 aliphatic heterocycles. The van der Waals surface area contributed by atoms with Gasteiger partial charge in [-0.2, -0.15) is 0 Å². The fraction of sp³-hybridized carbons (Fsp3) is 0.250. The van der Waals surface area contributed by atoms with Crippen molar-refractivity contribution in [3.05, 3.63) is 53.3 Å². The van der Waals surface area contributed by atoms with Crippen LogP contribution in [0.3, 0.4) is 0 Å². The van der Waals surface area contributed by atoms with Crippen LogP contribution in [-0.4, -0.2) is 23.0 Å². The van der Waals surface area contributed by atoms with Gasteiger partial charge in [-0.3, -0.25) is 9.78 Å². The van der Waals surface area contributed by atoms with Crippen LogP contribution in [0.5, 0.6) is 0 Å². The van der Waals surface area contributed by atoms with Crippen molar-refractivity contribution in [3.63, 3.8) is 0 Å². The molecule has 0 aliphatic carbocycles. The van der Waals surface area contributed by atoms with E-state index in [9.17, 15) is 4.79 Å². The second-order valence-electron chi connectivity index (χ2n) is 5.64. The Hall–Kier alpha value is -1.91. The van der Waals surface area contributed by atoms with Crippen LogP contribution in [0.2, 0.25) is 5.02 Å². The van der Waals surface area contributed by atoms with Crippen molar-refractivity contribution in [3.8, 4) is 11.1 Å². The van der Waals surface area contributed by atoms with Gasteiger partial charge in [0.2, 0.25) is 0 Å². The van der Waals surface area contributed by atoms with Gasteiger partial charge in [0.1, 0.15) is 0 Å². The molecule has 3 N–H and O–H groups in total. The number of hydrogen-bond acceptors (Lipinski definition) is 3. The monoisotopic (exact) mass is 303 g/mol. The van der Waals surface area contributed by atoms with E-state index < -0.39 is 5.54 Å². The summed E-state index contributed by atoms with van der Waals surface area (Å²) in [6.45, 7) is 4.11. The van der Waals surface area contributed by atoms with E-state index in [0.717, 1.165) is 11.1 Å².